The Bertz CT molecular complexity index is 464. The lowest BCUT2D eigenvalue weighted by Crippen LogP contribution is -2.52. The van der Waals surface area contributed by atoms with Crippen LogP contribution in [-0.2, 0) is 14.3 Å². The lowest BCUT2D eigenvalue weighted by atomic mass is 9.76. The van der Waals surface area contributed by atoms with Crippen molar-refractivity contribution in [3.63, 3.8) is 0 Å². The van der Waals surface area contributed by atoms with Gasteiger partial charge in [-0.1, -0.05) is 26.0 Å². The second-order valence-corrected chi connectivity index (χ2v) is 6.96. The number of allylic oxidation sites excluding steroid dienone is 2. The number of hydrogen-bond donors (Lipinski definition) is 2. The zero-order valence-electron chi connectivity index (χ0n) is 14.1. The van der Waals surface area contributed by atoms with E-state index in [2.05, 4.69) is 24.1 Å². The highest BCUT2D eigenvalue weighted by molar-refractivity contribution is 6.02. The molecule has 0 spiro atoms. The maximum Gasteiger partial charge on any atom is 0.319 e. The van der Waals surface area contributed by atoms with Crippen LogP contribution in [-0.4, -0.2) is 60.8 Å². The molecule has 0 bridgehead atoms. The first-order chi connectivity index (χ1) is 10.9. The molecule has 2 atom stereocenters. The van der Waals surface area contributed by atoms with E-state index in [1.807, 2.05) is 6.08 Å². The van der Waals surface area contributed by atoms with Gasteiger partial charge in [0.25, 0.3) is 0 Å². The number of nitrogens with one attached hydrogen (secondary N) is 1. The predicted octanol–water partition coefficient (Wildman–Crippen LogP) is 1.27. The minimum absolute atomic E-state index is 0.0728. The summed E-state index contributed by atoms with van der Waals surface area (Å²) in [6.45, 7) is 8.08. The Labute approximate surface area is 137 Å². The van der Waals surface area contributed by atoms with Gasteiger partial charge in [-0.05, 0) is 25.2 Å². The zero-order chi connectivity index (χ0) is 16.9. The monoisotopic (exact) mass is 324 g/mol. The largest absolute Gasteiger partial charge is 0.480 e. The summed E-state index contributed by atoms with van der Waals surface area (Å²) >= 11 is 0. The average Bonchev–Trinajstić information content (AvgIpc) is 2.52. The second kappa shape index (κ2) is 7.93. The smallest absolute Gasteiger partial charge is 0.319 e. The van der Waals surface area contributed by atoms with Crippen molar-refractivity contribution in [1.82, 2.24) is 10.2 Å². The van der Waals surface area contributed by atoms with Gasteiger partial charge >= 0.3 is 5.97 Å². The van der Waals surface area contributed by atoms with Gasteiger partial charge in [0, 0.05) is 26.2 Å². The molecule has 0 aromatic carbocycles. The molecule has 6 nitrogen and oxygen atoms in total. The molecule has 1 saturated heterocycles. The van der Waals surface area contributed by atoms with Crippen molar-refractivity contribution in [1.29, 1.82) is 0 Å². The molecule has 0 aromatic heterocycles. The Hall–Kier alpha value is -1.40. The predicted molar refractivity (Wildman–Crippen MR) is 87.1 cm³/mol. The Morgan fingerprint density at radius 2 is 2.22 bits per heavy atom. The highest BCUT2D eigenvalue weighted by Crippen LogP contribution is 2.33. The molecule has 23 heavy (non-hydrogen) atoms. The molecule has 0 aromatic rings. The summed E-state index contributed by atoms with van der Waals surface area (Å²) in [6.07, 6.45) is 4.90. The molecular weight excluding hydrogens is 296 g/mol. The number of carboxylic acid groups (broad SMARTS) is 1. The standard InChI is InChI=1S/C17H28N2O4/c1-13(2)11-19-8-9-23-14(12-19)10-18-15(20)17(16(21)22)6-4-3-5-7-17/h3-4,13-14H,5-12H2,1-2H3,(H,18,20)(H,21,22). The van der Waals surface area contributed by atoms with Gasteiger partial charge < -0.3 is 15.2 Å². The Kier molecular flexibility index (Phi) is 6.18. The van der Waals surface area contributed by atoms with Crippen LogP contribution in [0.25, 0.3) is 0 Å². The number of rotatable bonds is 6. The number of carbonyl (C=O) groups is 2. The maximum absolute atomic E-state index is 12.5. The van der Waals surface area contributed by atoms with E-state index >= 15 is 0 Å². The first-order valence-corrected chi connectivity index (χ1v) is 8.44. The molecule has 2 unspecified atom stereocenters. The van der Waals surface area contributed by atoms with Gasteiger partial charge in [-0.2, -0.15) is 0 Å². The van der Waals surface area contributed by atoms with E-state index < -0.39 is 11.4 Å². The first-order valence-electron chi connectivity index (χ1n) is 8.44. The molecule has 6 heteroatoms. The third-order valence-electron chi connectivity index (χ3n) is 4.55. The molecule has 0 radical (unpaired) electrons. The van der Waals surface area contributed by atoms with E-state index in [-0.39, 0.29) is 18.4 Å². The van der Waals surface area contributed by atoms with Crippen LogP contribution in [0.5, 0.6) is 0 Å². The second-order valence-electron chi connectivity index (χ2n) is 6.96. The van der Waals surface area contributed by atoms with Crippen LogP contribution in [0.4, 0.5) is 0 Å². The van der Waals surface area contributed by atoms with Crippen LogP contribution in [0.1, 0.15) is 33.1 Å². The number of morpholine rings is 1. The van der Waals surface area contributed by atoms with Crippen LogP contribution >= 0.6 is 0 Å². The SMILES string of the molecule is CC(C)CN1CCOC(CNC(=O)C2(C(=O)O)CC=CCC2)C1. The summed E-state index contributed by atoms with van der Waals surface area (Å²) in [5.74, 6) is -0.836. The van der Waals surface area contributed by atoms with Crippen molar-refractivity contribution in [3.8, 4) is 0 Å². The fourth-order valence-corrected chi connectivity index (χ4v) is 3.29. The molecule has 2 aliphatic rings. The fraction of sp³-hybridized carbons (Fsp3) is 0.765. The topological polar surface area (TPSA) is 78.9 Å². The van der Waals surface area contributed by atoms with Crippen molar-refractivity contribution < 1.29 is 19.4 Å². The lowest BCUT2D eigenvalue weighted by molar-refractivity contribution is -0.157. The molecule has 2 rings (SSSR count). The minimum atomic E-state index is -1.32. The summed E-state index contributed by atoms with van der Waals surface area (Å²) in [6, 6.07) is 0. The van der Waals surface area contributed by atoms with E-state index in [1.54, 1.807) is 6.08 Å². The van der Waals surface area contributed by atoms with E-state index in [1.165, 1.54) is 0 Å². The van der Waals surface area contributed by atoms with Gasteiger partial charge in [-0.15, -0.1) is 0 Å². The number of amides is 1. The van der Waals surface area contributed by atoms with E-state index in [0.717, 1.165) is 19.6 Å². The maximum atomic E-state index is 12.5. The number of carboxylic acids is 1. The molecule has 130 valence electrons. The van der Waals surface area contributed by atoms with Crippen molar-refractivity contribution in [2.45, 2.75) is 39.2 Å². The number of nitrogens with zero attached hydrogens (tertiary/aromatic N) is 1. The normalized spacial score (nSPS) is 28.7. The van der Waals surface area contributed by atoms with E-state index in [9.17, 15) is 14.7 Å². The van der Waals surface area contributed by atoms with Crippen LogP contribution in [0, 0.1) is 11.3 Å². The fourth-order valence-electron chi connectivity index (χ4n) is 3.29. The summed E-state index contributed by atoms with van der Waals surface area (Å²) in [5, 5.41) is 12.3. The number of ether oxygens (including phenoxy) is 1. The third-order valence-corrected chi connectivity index (χ3v) is 4.55. The zero-order valence-corrected chi connectivity index (χ0v) is 14.1. The number of aliphatic carboxylic acids is 1. The van der Waals surface area contributed by atoms with Gasteiger partial charge in [-0.3, -0.25) is 14.5 Å². The summed E-state index contributed by atoms with van der Waals surface area (Å²) < 4.78 is 5.70. The van der Waals surface area contributed by atoms with Crippen molar-refractivity contribution in [3.05, 3.63) is 12.2 Å². The summed E-state index contributed by atoms with van der Waals surface area (Å²) in [7, 11) is 0. The lowest BCUT2D eigenvalue weighted by Gasteiger charge is -2.35. The molecule has 0 saturated carbocycles. The summed E-state index contributed by atoms with van der Waals surface area (Å²) in [5.41, 5.74) is -1.32. The Morgan fingerprint density at radius 3 is 2.83 bits per heavy atom. The van der Waals surface area contributed by atoms with Crippen LogP contribution < -0.4 is 5.32 Å². The van der Waals surface area contributed by atoms with Crippen molar-refractivity contribution >= 4 is 11.9 Å². The summed E-state index contributed by atoms with van der Waals surface area (Å²) in [4.78, 5) is 26.4. The van der Waals surface area contributed by atoms with Gasteiger partial charge in [-0.25, -0.2) is 0 Å². The highest BCUT2D eigenvalue weighted by atomic mass is 16.5. The molecule has 2 N–H and O–H groups in total. The van der Waals surface area contributed by atoms with Gasteiger partial charge in [0.05, 0.1) is 12.7 Å². The van der Waals surface area contributed by atoms with Gasteiger partial charge in [0.1, 0.15) is 5.41 Å². The average molecular weight is 324 g/mol. The number of carbonyl (C=O) groups excluding carboxylic acids is 1. The van der Waals surface area contributed by atoms with Crippen molar-refractivity contribution in [2.75, 3.05) is 32.8 Å². The molecule has 1 heterocycles. The van der Waals surface area contributed by atoms with Crippen LogP contribution in [0.15, 0.2) is 12.2 Å². The quantitative estimate of drug-likeness (QED) is 0.568. The third kappa shape index (κ3) is 4.54. The van der Waals surface area contributed by atoms with E-state index in [0.29, 0.717) is 31.9 Å². The molecule has 1 aliphatic carbocycles. The molecule has 1 amide bonds. The first kappa shape index (κ1) is 17.9. The van der Waals surface area contributed by atoms with Gasteiger partial charge in [0.15, 0.2) is 0 Å². The Balaban J connectivity index is 1.88. The van der Waals surface area contributed by atoms with Crippen LogP contribution in [0.2, 0.25) is 0 Å². The molecule has 1 aliphatic heterocycles. The van der Waals surface area contributed by atoms with Crippen molar-refractivity contribution in [2.24, 2.45) is 11.3 Å². The van der Waals surface area contributed by atoms with Gasteiger partial charge in [0.2, 0.25) is 5.91 Å². The highest BCUT2D eigenvalue weighted by Gasteiger charge is 2.45. The molecule has 1 fully saturated rings. The Morgan fingerprint density at radius 1 is 1.43 bits per heavy atom. The van der Waals surface area contributed by atoms with E-state index in [4.69, 9.17) is 4.74 Å². The minimum Gasteiger partial charge on any atom is -0.480 e. The molecular formula is C17H28N2O4. The van der Waals surface area contributed by atoms with Crippen LogP contribution in [0.3, 0.4) is 0 Å². The number of hydrogen-bond acceptors (Lipinski definition) is 4.